The normalized spacial score (nSPS) is 24.2. The highest BCUT2D eigenvalue weighted by Gasteiger charge is 2.28. The van der Waals surface area contributed by atoms with Gasteiger partial charge in [0.05, 0.1) is 23.8 Å². The maximum atomic E-state index is 11.5. The van der Waals surface area contributed by atoms with Gasteiger partial charge in [0.15, 0.2) is 9.84 Å². The Morgan fingerprint density at radius 1 is 1.61 bits per heavy atom. The number of rotatable bonds is 4. The molecule has 2 rings (SSSR count). The summed E-state index contributed by atoms with van der Waals surface area (Å²) >= 11 is 1.58. The number of ether oxygens (including phenoxy) is 1. The first-order valence-corrected chi connectivity index (χ1v) is 8.57. The lowest BCUT2D eigenvalue weighted by atomic mass is 10.3. The SMILES string of the molecule is COCc1nc(CN2CCS(=O)(=O)C[C@@H]2C)cs1. The molecule has 0 amide bonds. The Balaban J connectivity index is 1.97. The monoisotopic (exact) mass is 290 g/mol. The van der Waals surface area contributed by atoms with Crippen LogP contribution in [0.5, 0.6) is 0 Å². The maximum absolute atomic E-state index is 11.5. The van der Waals surface area contributed by atoms with Crippen LogP contribution in [0, 0.1) is 0 Å². The summed E-state index contributed by atoms with van der Waals surface area (Å²) in [4.78, 5) is 6.64. The van der Waals surface area contributed by atoms with Gasteiger partial charge in [-0.1, -0.05) is 0 Å². The highest BCUT2D eigenvalue weighted by Crippen LogP contribution is 2.17. The predicted molar refractivity (Wildman–Crippen MR) is 71.4 cm³/mol. The molecule has 1 aromatic heterocycles. The summed E-state index contributed by atoms with van der Waals surface area (Å²) in [7, 11) is -1.19. The third-order valence-corrected chi connectivity index (χ3v) is 5.71. The van der Waals surface area contributed by atoms with Crippen molar-refractivity contribution in [3.8, 4) is 0 Å². The molecule has 1 atom stereocenters. The summed E-state index contributed by atoms with van der Waals surface area (Å²) < 4.78 is 28.0. The minimum Gasteiger partial charge on any atom is -0.378 e. The van der Waals surface area contributed by atoms with E-state index in [0.717, 1.165) is 17.2 Å². The van der Waals surface area contributed by atoms with E-state index in [2.05, 4.69) is 9.88 Å². The van der Waals surface area contributed by atoms with Crippen molar-refractivity contribution in [3.63, 3.8) is 0 Å². The van der Waals surface area contributed by atoms with Gasteiger partial charge in [-0.05, 0) is 6.92 Å². The quantitative estimate of drug-likeness (QED) is 0.825. The van der Waals surface area contributed by atoms with Gasteiger partial charge in [-0.3, -0.25) is 4.90 Å². The minimum atomic E-state index is -2.84. The van der Waals surface area contributed by atoms with Gasteiger partial charge in [0.25, 0.3) is 0 Å². The molecule has 0 saturated carbocycles. The summed E-state index contributed by atoms with van der Waals surface area (Å²) in [5.74, 6) is 0.508. The van der Waals surface area contributed by atoms with Crippen LogP contribution in [0.4, 0.5) is 0 Å². The molecule has 0 unspecified atom stereocenters. The molecule has 7 heteroatoms. The molecule has 1 saturated heterocycles. The number of thiazole rings is 1. The van der Waals surface area contributed by atoms with Crippen molar-refractivity contribution >= 4 is 21.2 Å². The second kappa shape index (κ2) is 5.64. The van der Waals surface area contributed by atoms with Crippen LogP contribution in [0.15, 0.2) is 5.38 Å². The molecule has 0 bridgehead atoms. The van der Waals surface area contributed by atoms with E-state index in [-0.39, 0.29) is 17.5 Å². The van der Waals surface area contributed by atoms with Crippen LogP contribution in [-0.2, 0) is 27.7 Å². The second-order valence-corrected chi connectivity index (χ2v) is 7.77. The number of hydrogen-bond acceptors (Lipinski definition) is 6. The fourth-order valence-corrected chi connectivity index (χ4v) is 4.47. The van der Waals surface area contributed by atoms with Crippen LogP contribution >= 0.6 is 11.3 Å². The molecule has 0 N–H and O–H groups in total. The van der Waals surface area contributed by atoms with Crippen LogP contribution in [0.3, 0.4) is 0 Å². The predicted octanol–water partition coefficient (Wildman–Crippen LogP) is 0.908. The summed E-state index contributed by atoms with van der Waals surface area (Å²) in [6.45, 7) is 3.81. The zero-order valence-electron chi connectivity index (χ0n) is 10.6. The van der Waals surface area contributed by atoms with E-state index in [1.807, 2.05) is 12.3 Å². The second-order valence-electron chi connectivity index (χ2n) is 4.60. The zero-order valence-corrected chi connectivity index (χ0v) is 12.3. The van der Waals surface area contributed by atoms with Crippen molar-refractivity contribution in [2.24, 2.45) is 0 Å². The lowest BCUT2D eigenvalue weighted by Crippen LogP contribution is -2.46. The first kappa shape index (κ1) is 13.9. The Hall–Kier alpha value is -0.500. The molecule has 1 fully saturated rings. The molecule has 0 spiro atoms. The number of sulfone groups is 1. The summed E-state index contributed by atoms with van der Waals surface area (Å²) in [6.07, 6.45) is 0. The van der Waals surface area contributed by atoms with E-state index >= 15 is 0 Å². The maximum Gasteiger partial charge on any atom is 0.153 e. The summed E-state index contributed by atoms with van der Waals surface area (Å²) in [6, 6.07) is 0.0660. The topological polar surface area (TPSA) is 59.5 Å². The average molecular weight is 290 g/mol. The van der Waals surface area contributed by atoms with E-state index in [9.17, 15) is 8.42 Å². The van der Waals surface area contributed by atoms with Gasteiger partial charge in [0.1, 0.15) is 5.01 Å². The Bertz CT molecular complexity index is 498. The Labute approximate surface area is 112 Å². The summed E-state index contributed by atoms with van der Waals surface area (Å²) in [5, 5.41) is 2.98. The fourth-order valence-electron chi connectivity index (χ4n) is 2.09. The van der Waals surface area contributed by atoms with Gasteiger partial charge in [-0.25, -0.2) is 13.4 Å². The van der Waals surface area contributed by atoms with E-state index < -0.39 is 9.84 Å². The molecule has 0 radical (unpaired) electrons. The van der Waals surface area contributed by atoms with Crippen molar-refractivity contribution in [1.82, 2.24) is 9.88 Å². The van der Waals surface area contributed by atoms with Crippen molar-refractivity contribution in [2.45, 2.75) is 26.1 Å². The Morgan fingerprint density at radius 3 is 3.06 bits per heavy atom. The molecular weight excluding hydrogens is 272 g/mol. The molecule has 5 nitrogen and oxygen atoms in total. The first-order chi connectivity index (χ1) is 8.50. The number of methoxy groups -OCH3 is 1. The molecule has 2 heterocycles. The largest absolute Gasteiger partial charge is 0.378 e. The molecular formula is C11H18N2O3S2. The number of nitrogens with zero attached hydrogens (tertiary/aromatic N) is 2. The van der Waals surface area contributed by atoms with E-state index in [4.69, 9.17) is 4.74 Å². The number of hydrogen-bond donors (Lipinski definition) is 0. The molecule has 1 aromatic rings. The minimum absolute atomic E-state index is 0.0660. The Kier molecular flexibility index (Phi) is 4.37. The Morgan fingerprint density at radius 2 is 2.39 bits per heavy atom. The molecule has 0 aromatic carbocycles. The molecule has 102 valence electrons. The summed E-state index contributed by atoms with van der Waals surface area (Å²) in [5.41, 5.74) is 0.998. The molecule has 1 aliphatic heterocycles. The van der Waals surface area contributed by atoms with Gasteiger partial charge in [-0.2, -0.15) is 0 Å². The first-order valence-electron chi connectivity index (χ1n) is 5.87. The number of aromatic nitrogens is 1. The zero-order chi connectivity index (χ0) is 13.2. The smallest absolute Gasteiger partial charge is 0.153 e. The fraction of sp³-hybridized carbons (Fsp3) is 0.727. The van der Waals surface area contributed by atoms with Crippen LogP contribution < -0.4 is 0 Å². The average Bonchev–Trinajstić information content (AvgIpc) is 2.70. The van der Waals surface area contributed by atoms with Crippen molar-refractivity contribution in [2.75, 3.05) is 25.2 Å². The third-order valence-electron chi connectivity index (χ3n) is 3.04. The van der Waals surface area contributed by atoms with Gasteiger partial charge in [0, 0.05) is 31.6 Å². The molecule has 0 aliphatic carbocycles. The van der Waals surface area contributed by atoms with E-state index in [1.54, 1.807) is 18.4 Å². The van der Waals surface area contributed by atoms with Crippen LogP contribution in [0.25, 0.3) is 0 Å². The van der Waals surface area contributed by atoms with Gasteiger partial charge in [0.2, 0.25) is 0 Å². The van der Waals surface area contributed by atoms with Crippen LogP contribution in [-0.4, -0.2) is 49.5 Å². The van der Waals surface area contributed by atoms with Crippen molar-refractivity contribution in [1.29, 1.82) is 0 Å². The van der Waals surface area contributed by atoms with Crippen molar-refractivity contribution in [3.05, 3.63) is 16.1 Å². The standard InChI is InChI=1S/C11H18N2O3S2/c1-9-8-18(14,15)4-3-13(9)5-10-7-17-11(12-10)6-16-2/h7,9H,3-6,8H2,1-2H3/t9-/m0/s1. The lowest BCUT2D eigenvalue weighted by Gasteiger charge is -2.32. The van der Waals surface area contributed by atoms with Crippen LogP contribution in [0.2, 0.25) is 0 Å². The van der Waals surface area contributed by atoms with Crippen molar-refractivity contribution < 1.29 is 13.2 Å². The van der Waals surface area contributed by atoms with E-state index in [0.29, 0.717) is 13.2 Å². The van der Waals surface area contributed by atoms with Gasteiger partial charge in [-0.15, -0.1) is 11.3 Å². The highest BCUT2D eigenvalue weighted by molar-refractivity contribution is 7.91. The molecule has 18 heavy (non-hydrogen) atoms. The highest BCUT2D eigenvalue weighted by atomic mass is 32.2. The van der Waals surface area contributed by atoms with Gasteiger partial charge < -0.3 is 4.74 Å². The van der Waals surface area contributed by atoms with Gasteiger partial charge >= 0.3 is 0 Å². The van der Waals surface area contributed by atoms with E-state index in [1.165, 1.54) is 0 Å². The molecule has 1 aliphatic rings. The third kappa shape index (κ3) is 3.50. The lowest BCUT2D eigenvalue weighted by molar-refractivity contribution is 0.183. The van der Waals surface area contributed by atoms with Crippen LogP contribution in [0.1, 0.15) is 17.6 Å².